The number of carbonyl (C=O) groups is 2. The van der Waals surface area contributed by atoms with Crippen molar-refractivity contribution >= 4 is 23.3 Å². The van der Waals surface area contributed by atoms with E-state index in [9.17, 15) is 14.0 Å². The quantitative estimate of drug-likeness (QED) is 0.772. The van der Waals surface area contributed by atoms with Crippen LogP contribution in [0.1, 0.15) is 24.5 Å². The third-order valence-electron chi connectivity index (χ3n) is 5.61. The Balaban J connectivity index is 1.40. The first-order chi connectivity index (χ1) is 15.0. The van der Waals surface area contributed by atoms with Gasteiger partial charge in [0.25, 0.3) is 0 Å². The summed E-state index contributed by atoms with van der Waals surface area (Å²) >= 11 is 0. The van der Waals surface area contributed by atoms with E-state index in [2.05, 4.69) is 28.4 Å². The summed E-state index contributed by atoms with van der Waals surface area (Å²) in [5, 5.41) is 2.63. The number of cyclic esters (lactones) is 1. The number of carbonyl (C=O) groups excluding carboxylic acids is 2. The number of anilines is 1. The maximum atomic E-state index is 14.9. The second-order valence-electron chi connectivity index (χ2n) is 7.92. The van der Waals surface area contributed by atoms with E-state index >= 15 is 0 Å². The normalized spacial score (nSPS) is 19.2. The van der Waals surface area contributed by atoms with Crippen molar-refractivity contribution < 1.29 is 18.7 Å². The van der Waals surface area contributed by atoms with Crippen LogP contribution in [0, 0.1) is 5.82 Å². The number of nitrogens with zero attached hydrogens (tertiary/aromatic N) is 2. The van der Waals surface area contributed by atoms with Gasteiger partial charge in [-0.05, 0) is 35.8 Å². The third-order valence-corrected chi connectivity index (χ3v) is 5.61. The van der Waals surface area contributed by atoms with E-state index in [1.807, 2.05) is 18.2 Å². The topological polar surface area (TPSA) is 61.9 Å². The largest absolute Gasteiger partial charge is 0.442 e. The summed E-state index contributed by atoms with van der Waals surface area (Å²) in [5.41, 5.74) is 3.29. The van der Waals surface area contributed by atoms with Crippen LogP contribution in [0.4, 0.5) is 14.9 Å². The zero-order chi connectivity index (χ0) is 21.8. The summed E-state index contributed by atoms with van der Waals surface area (Å²) in [6.45, 7) is 4.44. The number of rotatable bonds is 6. The van der Waals surface area contributed by atoms with Crippen molar-refractivity contribution in [2.45, 2.75) is 26.0 Å². The number of hydrogen-bond acceptors (Lipinski definition) is 4. The fourth-order valence-corrected chi connectivity index (χ4v) is 3.97. The van der Waals surface area contributed by atoms with Crippen molar-refractivity contribution in [2.24, 2.45) is 0 Å². The SMILES string of the molecule is CC(=O)NCC1CN(c2ccc(C3=CCN(Cc4ccccc4)CC3)c(F)c2)C(=O)O1. The highest BCUT2D eigenvalue weighted by Gasteiger charge is 2.32. The summed E-state index contributed by atoms with van der Waals surface area (Å²) in [4.78, 5) is 27.0. The van der Waals surface area contributed by atoms with Gasteiger partial charge in [0.15, 0.2) is 0 Å². The lowest BCUT2D eigenvalue weighted by Crippen LogP contribution is -2.33. The lowest BCUT2D eigenvalue weighted by Gasteiger charge is -2.27. The van der Waals surface area contributed by atoms with Crippen molar-refractivity contribution in [3.8, 4) is 0 Å². The molecule has 1 N–H and O–H groups in total. The highest BCUT2D eigenvalue weighted by Crippen LogP contribution is 2.30. The van der Waals surface area contributed by atoms with Crippen LogP contribution >= 0.6 is 0 Å². The van der Waals surface area contributed by atoms with Gasteiger partial charge < -0.3 is 10.1 Å². The average molecular weight is 423 g/mol. The Hall–Kier alpha value is -3.19. The monoisotopic (exact) mass is 423 g/mol. The summed E-state index contributed by atoms with van der Waals surface area (Å²) in [6.07, 6.45) is 1.87. The molecule has 1 fully saturated rings. The van der Waals surface area contributed by atoms with Gasteiger partial charge in [-0.15, -0.1) is 0 Å². The minimum Gasteiger partial charge on any atom is -0.442 e. The third kappa shape index (κ3) is 5.11. The molecule has 2 amide bonds. The summed E-state index contributed by atoms with van der Waals surface area (Å²) in [5.74, 6) is -0.536. The van der Waals surface area contributed by atoms with Crippen LogP contribution in [0.3, 0.4) is 0 Å². The zero-order valence-corrected chi connectivity index (χ0v) is 17.5. The van der Waals surface area contributed by atoms with E-state index in [1.54, 1.807) is 12.1 Å². The maximum absolute atomic E-state index is 14.9. The smallest absolute Gasteiger partial charge is 0.414 e. The van der Waals surface area contributed by atoms with Crippen molar-refractivity contribution in [1.82, 2.24) is 10.2 Å². The van der Waals surface area contributed by atoms with Crippen LogP contribution in [0.15, 0.2) is 54.6 Å². The first-order valence-corrected chi connectivity index (χ1v) is 10.5. The van der Waals surface area contributed by atoms with Gasteiger partial charge in [0, 0.05) is 32.1 Å². The van der Waals surface area contributed by atoms with Gasteiger partial charge in [-0.25, -0.2) is 9.18 Å². The van der Waals surface area contributed by atoms with Crippen molar-refractivity contribution in [3.63, 3.8) is 0 Å². The molecule has 2 aliphatic heterocycles. The van der Waals surface area contributed by atoms with Gasteiger partial charge in [-0.3, -0.25) is 14.6 Å². The predicted octanol–water partition coefficient (Wildman–Crippen LogP) is 3.58. The molecule has 0 bridgehead atoms. The highest BCUT2D eigenvalue weighted by atomic mass is 19.1. The van der Waals surface area contributed by atoms with E-state index < -0.39 is 12.2 Å². The molecule has 2 aromatic rings. The summed E-state index contributed by atoms with van der Waals surface area (Å²) in [7, 11) is 0. The molecule has 162 valence electrons. The average Bonchev–Trinajstić information content (AvgIpc) is 3.14. The number of nitrogens with one attached hydrogen (secondary N) is 1. The van der Waals surface area contributed by atoms with Gasteiger partial charge in [0.2, 0.25) is 5.91 Å². The number of ether oxygens (including phenoxy) is 1. The minimum atomic E-state index is -0.532. The second kappa shape index (κ2) is 9.31. The van der Waals surface area contributed by atoms with E-state index in [0.717, 1.165) is 31.6 Å². The number of halogens is 1. The Morgan fingerprint density at radius 3 is 2.71 bits per heavy atom. The molecule has 1 atom stereocenters. The fourth-order valence-electron chi connectivity index (χ4n) is 3.97. The van der Waals surface area contributed by atoms with E-state index in [-0.39, 0.29) is 24.8 Å². The molecule has 2 aliphatic rings. The molecule has 0 spiro atoms. The van der Waals surface area contributed by atoms with Crippen LogP contribution in [0.25, 0.3) is 5.57 Å². The molecule has 0 aliphatic carbocycles. The Morgan fingerprint density at radius 2 is 2.03 bits per heavy atom. The Labute approximate surface area is 181 Å². The molecule has 31 heavy (non-hydrogen) atoms. The molecular formula is C24H26FN3O3. The van der Waals surface area contributed by atoms with E-state index in [4.69, 9.17) is 4.74 Å². The first kappa shape index (κ1) is 21.1. The van der Waals surface area contributed by atoms with Crippen LogP contribution in [-0.2, 0) is 16.1 Å². The number of benzene rings is 2. The molecule has 7 heteroatoms. The van der Waals surface area contributed by atoms with Gasteiger partial charge in [0.1, 0.15) is 11.9 Å². The van der Waals surface area contributed by atoms with Gasteiger partial charge >= 0.3 is 6.09 Å². The van der Waals surface area contributed by atoms with Gasteiger partial charge in [-0.1, -0.05) is 36.4 Å². The van der Waals surface area contributed by atoms with Crippen LogP contribution in [0.2, 0.25) is 0 Å². The molecule has 2 heterocycles. The van der Waals surface area contributed by atoms with Crippen LogP contribution in [-0.4, -0.2) is 49.2 Å². The standard InChI is InChI=1S/C24H26FN3O3/c1-17(29)26-14-21-16-28(24(30)31-21)20-7-8-22(23(25)13-20)19-9-11-27(12-10-19)15-18-5-3-2-4-6-18/h2-9,13,21H,10-12,14-16H2,1H3,(H,26,29). The molecule has 4 rings (SSSR count). The van der Waals surface area contributed by atoms with Crippen LogP contribution < -0.4 is 10.2 Å². The molecule has 0 saturated carbocycles. The predicted molar refractivity (Wildman–Crippen MR) is 117 cm³/mol. The van der Waals surface area contributed by atoms with Gasteiger partial charge in [0.05, 0.1) is 18.8 Å². The molecule has 2 aromatic carbocycles. The Morgan fingerprint density at radius 1 is 1.23 bits per heavy atom. The van der Waals surface area contributed by atoms with Crippen molar-refractivity contribution in [1.29, 1.82) is 0 Å². The lowest BCUT2D eigenvalue weighted by molar-refractivity contribution is -0.119. The summed E-state index contributed by atoms with van der Waals surface area (Å²) in [6, 6.07) is 15.2. The Kier molecular flexibility index (Phi) is 6.32. The molecule has 6 nitrogen and oxygen atoms in total. The van der Waals surface area contributed by atoms with Crippen molar-refractivity contribution in [2.75, 3.05) is 31.1 Å². The second-order valence-corrected chi connectivity index (χ2v) is 7.92. The highest BCUT2D eigenvalue weighted by molar-refractivity contribution is 5.90. The zero-order valence-electron chi connectivity index (χ0n) is 17.5. The number of hydrogen-bond donors (Lipinski definition) is 1. The molecule has 1 saturated heterocycles. The van der Waals surface area contributed by atoms with E-state index in [1.165, 1.54) is 23.5 Å². The Bertz CT molecular complexity index is 993. The first-order valence-electron chi connectivity index (χ1n) is 10.5. The van der Waals surface area contributed by atoms with E-state index in [0.29, 0.717) is 11.3 Å². The van der Waals surface area contributed by atoms with Crippen molar-refractivity contribution in [3.05, 3.63) is 71.6 Å². The summed E-state index contributed by atoms with van der Waals surface area (Å²) < 4.78 is 20.2. The molecule has 0 radical (unpaired) electrons. The molecular weight excluding hydrogens is 397 g/mol. The number of amides is 2. The molecule has 0 aromatic heterocycles. The fraction of sp³-hybridized carbons (Fsp3) is 0.333. The minimum absolute atomic E-state index is 0.187. The van der Waals surface area contributed by atoms with Crippen LogP contribution in [0.5, 0.6) is 0 Å². The maximum Gasteiger partial charge on any atom is 0.414 e. The lowest BCUT2D eigenvalue weighted by atomic mass is 9.98. The molecule has 1 unspecified atom stereocenters. The van der Waals surface area contributed by atoms with Gasteiger partial charge in [-0.2, -0.15) is 0 Å².